The van der Waals surface area contributed by atoms with Crippen LogP contribution in [-0.2, 0) is 13.6 Å². The molecule has 30 heavy (non-hydrogen) atoms. The molecule has 1 saturated heterocycles. The Bertz CT molecular complexity index is 1020. The number of hydrogen-bond acceptors (Lipinski definition) is 4. The van der Waals surface area contributed by atoms with Crippen LogP contribution in [0.3, 0.4) is 0 Å². The van der Waals surface area contributed by atoms with Gasteiger partial charge in [-0.25, -0.2) is 4.39 Å². The number of aromatic nitrogens is 3. The quantitative estimate of drug-likeness (QED) is 0.705. The number of piperidine rings is 1. The lowest BCUT2D eigenvalue weighted by Crippen LogP contribution is -2.44. The Kier molecular flexibility index (Phi) is 5.90. The monoisotopic (exact) mass is 407 g/mol. The lowest BCUT2D eigenvalue weighted by Gasteiger charge is -2.32. The number of nitrogens with zero attached hydrogens (tertiary/aromatic N) is 4. The molecule has 0 aliphatic carbocycles. The van der Waals surface area contributed by atoms with Crippen LogP contribution >= 0.6 is 0 Å². The summed E-state index contributed by atoms with van der Waals surface area (Å²) >= 11 is 0. The molecule has 3 aromatic rings. The highest BCUT2D eigenvalue weighted by Gasteiger charge is 2.22. The smallest absolute Gasteiger partial charge is 0.253 e. The second-order valence-electron chi connectivity index (χ2n) is 7.85. The molecule has 0 spiro atoms. The highest BCUT2D eigenvalue weighted by atomic mass is 19.1. The van der Waals surface area contributed by atoms with E-state index in [9.17, 15) is 9.18 Å². The number of aryl methyl sites for hydroxylation is 1. The summed E-state index contributed by atoms with van der Waals surface area (Å²) in [6.07, 6.45) is 5.32. The number of hydrogen-bond donors (Lipinski definition) is 1. The van der Waals surface area contributed by atoms with E-state index in [0.29, 0.717) is 16.8 Å². The molecule has 0 saturated carbocycles. The van der Waals surface area contributed by atoms with E-state index >= 15 is 0 Å². The van der Waals surface area contributed by atoms with E-state index in [1.54, 1.807) is 30.5 Å². The largest absolute Gasteiger partial charge is 0.349 e. The first kappa shape index (κ1) is 20.2. The molecule has 6 nitrogen and oxygen atoms in total. The van der Waals surface area contributed by atoms with E-state index in [0.717, 1.165) is 32.5 Å². The number of likely N-dealkylation sites (tertiary alicyclic amines) is 1. The maximum absolute atomic E-state index is 13.4. The molecule has 7 heteroatoms. The van der Waals surface area contributed by atoms with E-state index in [2.05, 4.69) is 27.2 Å². The van der Waals surface area contributed by atoms with Crippen molar-refractivity contribution < 1.29 is 9.18 Å². The number of carbonyl (C=O) groups is 1. The number of amides is 1. The first-order chi connectivity index (χ1) is 14.5. The minimum atomic E-state index is -0.304. The van der Waals surface area contributed by atoms with Crippen LogP contribution in [0.25, 0.3) is 11.3 Å². The van der Waals surface area contributed by atoms with Crippen LogP contribution in [0.5, 0.6) is 0 Å². The van der Waals surface area contributed by atoms with E-state index in [1.807, 2.05) is 17.9 Å². The standard InChI is InChI=1S/C23H26FN5O/c1-16-19(14-26-28(16)2)15-29-10-8-21(9-11-29)27-23(30)18-6-7-22(25-13-18)17-4-3-5-20(24)12-17/h3-7,12-14,21H,8-11,15H2,1-2H3,(H,27,30). The van der Waals surface area contributed by atoms with Gasteiger partial charge in [-0.05, 0) is 44.0 Å². The van der Waals surface area contributed by atoms with Crippen LogP contribution in [0.4, 0.5) is 4.39 Å². The SMILES string of the molecule is Cc1c(CN2CCC(NC(=O)c3ccc(-c4cccc(F)c4)nc3)CC2)cnn1C. The summed E-state index contributed by atoms with van der Waals surface area (Å²) in [7, 11) is 1.96. The van der Waals surface area contributed by atoms with Gasteiger partial charge in [-0.2, -0.15) is 5.10 Å². The van der Waals surface area contributed by atoms with Crippen molar-refractivity contribution in [2.45, 2.75) is 32.4 Å². The number of carbonyl (C=O) groups excluding carboxylic acids is 1. The predicted octanol–water partition coefficient (Wildman–Crippen LogP) is 3.32. The van der Waals surface area contributed by atoms with Gasteiger partial charge >= 0.3 is 0 Å². The molecule has 0 atom stereocenters. The number of benzene rings is 1. The zero-order valence-corrected chi connectivity index (χ0v) is 17.3. The van der Waals surface area contributed by atoms with E-state index < -0.39 is 0 Å². The third-order valence-electron chi connectivity index (χ3n) is 5.80. The summed E-state index contributed by atoms with van der Waals surface area (Å²) in [5.41, 5.74) is 4.30. The van der Waals surface area contributed by atoms with Crippen LogP contribution in [0.2, 0.25) is 0 Å². The van der Waals surface area contributed by atoms with E-state index in [-0.39, 0.29) is 17.8 Å². The van der Waals surface area contributed by atoms with Crippen molar-refractivity contribution in [1.29, 1.82) is 0 Å². The molecule has 1 aliphatic heterocycles. The zero-order chi connectivity index (χ0) is 21.1. The molecule has 0 unspecified atom stereocenters. The minimum Gasteiger partial charge on any atom is -0.349 e. The average molecular weight is 407 g/mol. The summed E-state index contributed by atoms with van der Waals surface area (Å²) in [5, 5.41) is 7.43. The molecule has 1 amide bonds. The molecular weight excluding hydrogens is 381 g/mol. The van der Waals surface area contributed by atoms with Gasteiger partial charge < -0.3 is 5.32 Å². The molecule has 2 aromatic heterocycles. The van der Waals surface area contributed by atoms with E-state index in [1.165, 1.54) is 23.4 Å². The normalized spacial score (nSPS) is 15.3. The Morgan fingerprint density at radius 2 is 2.00 bits per heavy atom. The van der Waals surface area contributed by atoms with Crippen molar-refractivity contribution >= 4 is 5.91 Å². The highest BCUT2D eigenvalue weighted by Crippen LogP contribution is 2.19. The van der Waals surface area contributed by atoms with Crippen LogP contribution in [0.1, 0.15) is 34.5 Å². The molecule has 0 radical (unpaired) electrons. The van der Waals surface area contributed by atoms with Crippen LogP contribution in [-0.4, -0.2) is 44.7 Å². The van der Waals surface area contributed by atoms with Gasteiger partial charge in [0.05, 0.1) is 17.5 Å². The molecule has 156 valence electrons. The number of nitrogens with one attached hydrogen (secondary N) is 1. The first-order valence-electron chi connectivity index (χ1n) is 10.2. The third kappa shape index (κ3) is 4.57. The fourth-order valence-corrected chi connectivity index (χ4v) is 3.79. The Hall–Kier alpha value is -3.06. The summed E-state index contributed by atoms with van der Waals surface area (Å²) in [4.78, 5) is 19.3. The van der Waals surface area contributed by atoms with Gasteiger partial charge in [-0.3, -0.25) is 19.4 Å². The Morgan fingerprint density at radius 1 is 1.20 bits per heavy atom. The van der Waals surface area contributed by atoms with Crippen LogP contribution in [0, 0.1) is 12.7 Å². The van der Waals surface area contributed by atoms with Gasteiger partial charge in [-0.1, -0.05) is 12.1 Å². The lowest BCUT2D eigenvalue weighted by molar-refractivity contribution is 0.0908. The summed E-state index contributed by atoms with van der Waals surface area (Å²) in [6.45, 7) is 4.86. The van der Waals surface area contributed by atoms with Gasteiger partial charge in [0.1, 0.15) is 5.82 Å². The van der Waals surface area contributed by atoms with Crippen molar-refractivity contribution in [3.8, 4) is 11.3 Å². The Morgan fingerprint density at radius 3 is 2.63 bits per heavy atom. The van der Waals surface area contributed by atoms with Crippen molar-refractivity contribution in [3.05, 3.63) is 71.4 Å². The maximum Gasteiger partial charge on any atom is 0.253 e. The molecule has 0 bridgehead atoms. The summed E-state index contributed by atoms with van der Waals surface area (Å²) < 4.78 is 15.3. The molecule has 1 N–H and O–H groups in total. The fourth-order valence-electron chi connectivity index (χ4n) is 3.79. The summed E-state index contributed by atoms with van der Waals surface area (Å²) in [5.74, 6) is -0.420. The van der Waals surface area contributed by atoms with Crippen LogP contribution < -0.4 is 5.32 Å². The van der Waals surface area contributed by atoms with Gasteiger partial charge in [0.2, 0.25) is 0 Å². The van der Waals surface area contributed by atoms with Crippen LogP contribution in [0.15, 0.2) is 48.8 Å². The second kappa shape index (κ2) is 8.75. The highest BCUT2D eigenvalue weighted by molar-refractivity contribution is 5.94. The van der Waals surface area contributed by atoms with Crippen molar-refractivity contribution in [1.82, 2.24) is 25.0 Å². The zero-order valence-electron chi connectivity index (χ0n) is 17.3. The third-order valence-corrected chi connectivity index (χ3v) is 5.80. The van der Waals surface area contributed by atoms with Crippen molar-refractivity contribution in [2.75, 3.05) is 13.1 Å². The van der Waals surface area contributed by atoms with Gasteiger partial charge in [0.25, 0.3) is 5.91 Å². The van der Waals surface area contributed by atoms with Gasteiger partial charge in [0.15, 0.2) is 0 Å². The molecule has 4 rings (SSSR count). The maximum atomic E-state index is 13.4. The molecule has 1 aromatic carbocycles. The fraction of sp³-hybridized carbons (Fsp3) is 0.348. The predicted molar refractivity (Wildman–Crippen MR) is 113 cm³/mol. The van der Waals surface area contributed by atoms with Gasteiger partial charge in [-0.15, -0.1) is 0 Å². The Labute approximate surface area is 175 Å². The molecular formula is C23H26FN5O. The molecule has 3 heterocycles. The van der Waals surface area contributed by atoms with Crippen molar-refractivity contribution in [2.24, 2.45) is 7.05 Å². The van der Waals surface area contributed by atoms with E-state index in [4.69, 9.17) is 0 Å². The van der Waals surface area contributed by atoms with Gasteiger partial charge in [0, 0.05) is 55.7 Å². The second-order valence-corrected chi connectivity index (χ2v) is 7.85. The average Bonchev–Trinajstić information content (AvgIpc) is 3.07. The minimum absolute atomic E-state index is 0.116. The summed E-state index contributed by atoms with van der Waals surface area (Å²) in [6, 6.07) is 9.93. The number of halogens is 1. The Balaban J connectivity index is 1.30. The topological polar surface area (TPSA) is 63.1 Å². The first-order valence-corrected chi connectivity index (χ1v) is 10.2. The lowest BCUT2D eigenvalue weighted by atomic mass is 10.0. The van der Waals surface area contributed by atoms with Crippen molar-refractivity contribution in [3.63, 3.8) is 0 Å². The number of pyridine rings is 1. The number of rotatable bonds is 5. The molecule has 1 aliphatic rings. The molecule has 1 fully saturated rings.